The van der Waals surface area contributed by atoms with Crippen molar-refractivity contribution in [2.75, 3.05) is 5.75 Å². The zero-order valence-corrected chi connectivity index (χ0v) is 13.2. The number of fused-ring (bicyclic) bond motifs is 1. The molecule has 122 valence electrons. The number of ether oxygens (including phenoxy) is 1. The van der Waals surface area contributed by atoms with Crippen LogP contribution >= 0.6 is 11.8 Å². The first-order chi connectivity index (χ1) is 11.6. The minimum Gasteiger partial charge on any atom is -0.460 e. The molecule has 0 spiro atoms. The van der Waals surface area contributed by atoms with Crippen molar-refractivity contribution in [2.45, 2.75) is 11.8 Å². The number of thioether (sulfide) groups is 1. The topological polar surface area (TPSA) is 95.5 Å². The molecule has 3 aromatic rings. The zero-order chi connectivity index (χ0) is 16.9. The highest BCUT2D eigenvalue weighted by molar-refractivity contribution is 7.99. The average molecular weight is 344 g/mol. The number of nitro benzene ring substituents is 1. The molecule has 0 radical (unpaired) electrons. The highest BCUT2D eigenvalue weighted by Crippen LogP contribution is 2.23. The lowest BCUT2D eigenvalue weighted by atomic mass is 10.2. The van der Waals surface area contributed by atoms with Crippen LogP contribution < -0.4 is 0 Å². The number of carbonyl (C=O) groups is 1. The molecule has 7 nitrogen and oxygen atoms in total. The van der Waals surface area contributed by atoms with E-state index in [1.165, 1.54) is 6.07 Å². The van der Waals surface area contributed by atoms with Crippen LogP contribution in [0.2, 0.25) is 0 Å². The van der Waals surface area contributed by atoms with Crippen molar-refractivity contribution in [1.29, 1.82) is 0 Å². The number of para-hydroxylation sites is 3. The van der Waals surface area contributed by atoms with Crippen LogP contribution in [0.4, 0.5) is 5.69 Å². The van der Waals surface area contributed by atoms with Crippen LogP contribution in [0.1, 0.15) is 5.56 Å². The Morgan fingerprint density at radius 1 is 1.21 bits per heavy atom. The predicted octanol–water partition coefficient (Wildman–Crippen LogP) is 3.57. The van der Waals surface area contributed by atoms with Gasteiger partial charge in [-0.2, -0.15) is 0 Å². The van der Waals surface area contributed by atoms with Gasteiger partial charge in [0.15, 0.2) is 5.58 Å². The standard InChI is InChI=1S/C16H12N2O5S/c19-15(22-9-11-5-1-3-7-13(11)18(20)21)10-24-16-17-12-6-2-4-8-14(12)23-16/h1-8H,9-10H2. The summed E-state index contributed by atoms with van der Waals surface area (Å²) < 4.78 is 10.6. The maximum atomic E-state index is 11.8. The van der Waals surface area contributed by atoms with Crippen molar-refractivity contribution in [3.05, 3.63) is 64.2 Å². The molecule has 3 rings (SSSR count). The van der Waals surface area contributed by atoms with Gasteiger partial charge in [-0.15, -0.1) is 0 Å². The number of aromatic nitrogens is 1. The van der Waals surface area contributed by atoms with E-state index in [2.05, 4.69) is 4.98 Å². The van der Waals surface area contributed by atoms with Crippen molar-refractivity contribution in [1.82, 2.24) is 4.98 Å². The molecule has 0 saturated carbocycles. The normalized spacial score (nSPS) is 10.7. The molecule has 1 heterocycles. The van der Waals surface area contributed by atoms with Gasteiger partial charge >= 0.3 is 5.97 Å². The molecule has 8 heteroatoms. The third-order valence-electron chi connectivity index (χ3n) is 3.16. The number of esters is 1. The number of rotatable bonds is 6. The minimum atomic E-state index is -0.504. The summed E-state index contributed by atoms with van der Waals surface area (Å²) in [6.45, 7) is -0.149. The first-order valence-electron chi connectivity index (χ1n) is 7.00. The summed E-state index contributed by atoms with van der Waals surface area (Å²) in [7, 11) is 0. The van der Waals surface area contributed by atoms with Gasteiger partial charge in [-0.25, -0.2) is 4.98 Å². The molecule has 0 N–H and O–H groups in total. The lowest BCUT2D eigenvalue weighted by Crippen LogP contribution is -2.08. The Labute approximate surface area is 140 Å². The van der Waals surface area contributed by atoms with Crippen molar-refractivity contribution in [2.24, 2.45) is 0 Å². The van der Waals surface area contributed by atoms with Crippen LogP contribution in [0.5, 0.6) is 0 Å². The van der Waals surface area contributed by atoms with Crippen LogP contribution in [0, 0.1) is 10.1 Å². The van der Waals surface area contributed by atoms with E-state index in [1.807, 2.05) is 18.2 Å². The maximum Gasteiger partial charge on any atom is 0.316 e. The van der Waals surface area contributed by atoms with Gasteiger partial charge in [0.25, 0.3) is 10.9 Å². The second-order valence-electron chi connectivity index (χ2n) is 4.78. The summed E-state index contributed by atoms with van der Waals surface area (Å²) >= 11 is 1.11. The fraction of sp³-hybridized carbons (Fsp3) is 0.125. The fourth-order valence-electron chi connectivity index (χ4n) is 2.04. The lowest BCUT2D eigenvalue weighted by Gasteiger charge is -2.04. The van der Waals surface area contributed by atoms with Gasteiger partial charge in [-0.3, -0.25) is 14.9 Å². The van der Waals surface area contributed by atoms with Gasteiger partial charge in [0.2, 0.25) is 0 Å². The third-order valence-corrected chi connectivity index (χ3v) is 3.97. The molecule has 1 aromatic heterocycles. The van der Waals surface area contributed by atoms with E-state index in [0.717, 1.165) is 11.8 Å². The molecule has 2 aromatic carbocycles. The van der Waals surface area contributed by atoms with E-state index in [-0.39, 0.29) is 18.0 Å². The summed E-state index contributed by atoms with van der Waals surface area (Å²) in [5.74, 6) is -0.492. The smallest absolute Gasteiger partial charge is 0.316 e. The van der Waals surface area contributed by atoms with E-state index < -0.39 is 10.9 Å². The molecule has 0 bridgehead atoms. The summed E-state index contributed by atoms with van der Waals surface area (Å²) in [6.07, 6.45) is 0. The Bertz CT molecular complexity index is 860. The van der Waals surface area contributed by atoms with Gasteiger partial charge in [0, 0.05) is 6.07 Å². The lowest BCUT2D eigenvalue weighted by molar-refractivity contribution is -0.385. The number of oxazole rings is 1. The van der Waals surface area contributed by atoms with E-state index >= 15 is 0 Å². The summed E-state index contributed by atoms with van der Waals surface area (Å²) in [4.78, 5) is 26.4. The Morgan fingerprint density at radius 3 is 2.75 bits per heavy atom. The molecule has 0 aliphatic heterocycles. The van der Waals surface area contributed by atoms with Crippen molar-refractivity contribution < 1.29 is 18.9 Å². The quantitative estimate of drug-likeness (QED) is 0.292. The Kier molecular flexibility index (Phi) is 4.76. The monoisotopic (exact) mass is 344 g/mol. The molecule has 0 fully saturated rings. The molecule has 0 saturated heterocycles. The van der Waals surface area contributed by atoms with Crippen LogP contribution in [0.3, 0.4) is 0 Å². The first kappa shape index (κ1) is 16.0. The summed E-state index contributed by atoms with van der Waals surface area (Å²) in [5, 5.41) is 11.3. The van der Waals surface area contributed by atoms with Crippen molar-refractivity contribution >= 4 is 34.5 Å². The highest BCUT2D eigenvalue weighted by atomic mass is 32.2. The van der Waals surface area contributed by atoms with Gasteiger partial charge in [-0.05, 0) is 18.2 Å². The average Bonchev–Trinajstić information content (AvgIpc) is 3.01. The first-order valence-corrected chi connectivity index (χ1v) is 7.98. The third kappa shape index (κ3) is 3.72. The second kappa shape index (κ2) is 7.14. The fourth-order valence-corrected chi connectivity index (χ4v) is 2.68. The number of nitro groups is 1. The number of nitrogens with zero attached hydrogens (tertiary/aromatic N) is 2. The molecule has 0 amide bonds. The van der Waals surface area contributed by atoms with Crippen LogP contribution in [0.25, 0.3) is 11.1 Å². The Balaban J connectivity index is 1.55. The molecule has 0 aliphatic carbocycles. The summed E-state index contributed by atoms with van der Waals surface area (Å²) in [6, 6.07) is 13.4. The number of hydrogen-bond donors (Lipinski definition) is 0. The molecule has 0 aliphatic rings. The van der Waals surface area contributed by atoms with E-state index in [0.29, 0.717) is 21.9 Å². The second-order valence-corrected chi connectivity index (χ2v) is 5.71. The SMILES string of the molecule is O=C(CSc1nc2ccccc2o1)OCc1ccccc1[N+](=O)[O-]. The van der Waals surface area contributed by atoms with Gasteiger partial charge in [0.05, 0.1) is 10.5 Å². The molecule has 0 unspecified atom stereocenters. The van der Waals surface area contributed by atoms with Crippen molar-refractivity contribution in [3.8, 4) is 0 Å². The highest BCUT2D eigenvalue weighted by Gasteiger charge is 2.15. The number of carbonyl (C=O) groups excluding carboxylic acids is 1. The van der Waals surface area contributed by atoms with Gasteiger partial charge < -0.3 is 9.15 Å². The minimum absolute atomic E-state index is 0.00739. The summed E-state index contributed by atoms with van der Waals surface area (Å²) in [5.41, 5.74) is 1.64. The maximum absolute atomic E-state index is 11.8. The van der Waals surface area contributed by atoms with E-state index in [9.17, 15) is 14.9 Å². The van der Waals surface area contributed by atoms with Crippen LogP contribution in [-0.4, -0.2) is 21.6 Å². The van der Waals surface area contributed by atoms with Crippen LogP contribution in [-0.2, 0) is 16.1 Å². The number of benzene rings is 2. The molecular weight excluding hydrogens is 332 g/mol. The van der Waals surface area contributed by atoms with Gasteiger partial charge in [-0.1, -0.05) is 36.0 Å². The molecular formula is C16H12N2O5S. The zero-order valence-electron chi connectivity index (χ0n) is 12.4. The predicted molar refractivity (Wildman–Crippen MR) is 87.6 cm³/mol. The van der Waals surface area contributed by atoms with Crippen molar-refractivity contribution in [3.63, 3.8) is 0 Å². The van der Waals surface area contributed by atoms with E-state index in [4.69, 9.17) is 9.15 Å². The Morgan fingerprint density at radius 2 is 1.96 bits per heavy atom. The molecule has 0 atom stereocenters. The number of hydrogen-bond acceptors (Lipinski definition) is 7. The van der Waals surface area contributed by atoms with Gasteiger partial charge in [0.1, 0.15) is 17.9 Å². The van der Waals surface area contributed by atoms with E-state index in [1.54, 1.807) is 24.3 Å². The molecule has 24 heavy (non-hydrogen) atoms. The Hall–Kier alpha value is -2.87. The van der Waals surface area contributed by atoms with Crippen LogP contribution in [0.15, 0.2) is 58.2 Å². The largest absolute Gasteiger partial charge is 0.460 e.